The fourth-order valence-corrected chi connectivity index (χ4v) is 3.79. The van der Waals surface area contributed by atoms with Crippen LogP contribution in [0.1, 0.15) is 24.5 Å². The summed E-state index contributed by atoms with van der Waals surface area (Å²) in [6.45, 7) is 2.95. The zero-order valence-corrected chi connectivity index (χ0v) is 12.8. The third-order valence-corrected chi connectivity index (χ3v) is 4.81. The van der Waals surface area contributed by atoms with Gasteiger partial charge in [-0.2, -0.15) is 0 Å². The van der Waals surface area contributed by atoms with Crippen LogP contribution in [0, 0.1) is 5.92 Å². The highest BCUT2D eigenvalue weighted by molar-refractivity contribution is 5.91. The molecule has 1 saturated heterocycles. The highest BCUT2D eigenvalue weighted by Crippen LogP contribution is 2.42. The molecule has 22 heavy (non-hydrogen) atoms. The lowest BCUT2D eigenvalue weighted by Gasteiger charge is -2.37. The normalized spacial score (nSPS) is 21.7. The lowest BCUT2D eigenvalue weighted by molar-refractivity contribution is -0.123. The van der Waals surface area contributed by atoms with Gasteiger partial charge in [-0.25, -0.2) is 0 Å². The van der Waals surface area contributed by atoms with Crippen LogP contribution in [0.4, 0.5) is 0 Å². The third-order valence-electron chi connectivity index (χ3n) is 4.81. The predicted octanol–water partition coefficient (Wildman–Crippen LogP) is 2.46. The average molecular weight is 294 g/mol. The van der Waals surface area contributed by atoms with Crippen molar-refractivity contribution in [2.24, 2.45) is 11.7 Å². The Bertz CT molecular complexity index is 599. The molecule has 3 heteroatoms. The summed E-state index contributed by atoms with van der Waals surface area (Å²) < 4.78 is 0. The van der Waals surface area contributed by atoms with Gasteiger partial charge >= 0.3 is 0 Å². The van der Waals surface area contributed by atoms with Crippen molar-refractivity contribution < 1.29 is 4.79 Å². The van der Waals surface area contributed by atoms with E-state index in [0.717, 1.165) is 24.1 Å². The Hall–Kier alpha value is -2.13. The van der Waals surface area contributed by atoms with Crippen molar-refractivity contribution in [3.63, 3.8) is 0 Å². The minimum absolute atomic E-state index is 0.157. The first-order chi connectivity index (χ1) is 10.7. The molecule has 0 radical (unpaired) electrons. The molecule has 1 amide bonds. The molecule has 0 spiro atoms. The quantitative estimate of drug-likeness (QED) is 0.910. The summed E-state index contributed by atoms with van der Waals surface area (Å²) in [5.41, 5.74) is 7.18. The van der Waals surface area contributed by atoms with Gasteiger partial charge in [-0.3, -0.25) is 4.79 Å². The van der Waals surface area contributed by atoms with Gasteiger partial charge in [-0.15, -0.1) is 0 Å². The standard InChI is InChI=1S/C19H22N2O/c1-14-12-17(13-21-14)19(18(20)22,15-8-4-2-5-9-15)16-10-6-3-7-11-16/h2-11,14,17,21H,12-13H2,1H3,(H2,20,22). The zero-order valence-electron chi connectivity index (χ0n) is 12.8. The van der Waals surface area contributed by atoms with Crippen molar-refractivity contribution in [3.8, 4) is 0 Å². The maximum absolute atomic E-state index is 12.7. The van der Waals surface area contributed by atoms with Crippen LogP contribution < -0.4 is 11.1 Å². The van der Waals surface area contributed by atoms with E-state index in [4.69, 9.17) is 5.73 Å². The van der Waals surface area contributed by atoms with Crippen molar-refractivity contribution in [3.05, 3.63) is 71.8 Å². The number of nitrogens with two attached hydrogens (primary N) is 1. The molecule has 3 nitrogen and oxygen atoms in total. The Morgan fingerprint density at radius 1 is 1.05 bits per heavy atom. The second-order valence-corrected chi connectivity index (χ2v) is 6.15. The number of amides is 1. The second-order valence-electron chi connectivity index (χ2n) is 6.15. The van der Waals surface area contributed by atoms with Gasteiger partial charge in [0.25, 0.3) is 0 Å². The summed E-state index contributed by atoms with van der Waals surface area (Å²) in [4.78, 5) is 12.7. The highest BCUT2D eigenvalue weighted by atomic mass is 16.1. The van der Waals surface area contributed by atoms with E-state index in [2.05, 4.69) is 12.2 Å². The first kappa shape index (κ1) is 14.8. The van der Waals surface area contributed by atoms with E-state index in [-0.39, 0.29) is 11.8 Å². The van der Waals surface area contributed by atoms with Gasteiger partial charge in [0.2, 0.25) is 5.91 Å². The molecule has 0 saturated carbocycles. The SMILES string of the molecule is CC1CC(C(C(N)=O)(c2ccccc2)c2ccccc2)CN1. The Morgan fingerprint density at radius 2 is 1.55 bits per heavy atom. The number of rotatable bonds is 4. The van der Waals surface area contributed by atoms with Crippen LogP contribution >= 0.6 is 0 Å². The number of primary amides is 1. The summed E-state index contributed by atoms with van der Waals surface area (Å²) >= 11 is 0. The summed E-state index contributed by atoms with van der Waals surface area (Å²) in [5.74, 6) is -0.115. The Labute approximate surface area is 131 Å². The summed E-state index contributed by atoms with van der Waals surface area (Å²) in [7, 11) is 0. The molecule has 2 unspecified atom stereocenters. The molecule has 3 rings (SSSR count). The van der Waals surface area contributed by atoms with Crippen molar-refractivity contribution in [2.75, 3.05) is 6.54 Å². The molecule has 1 aliphatic heterocycles. The van der Waals surface area contributed by atoms with Gasteiger partial charge in [0, 0.05) is 6.04 Å². The second kappa shape index (κ2) is 5.93. The maximum Gasteiger partial charge on any atom is 0.232 e. The van der Waals surface area contributed by atoms with Crippen LogP contribution in [0.3, 0.4) is 0 Å². The number of nitrogens with one attached hydrogen (secondary N) is 1. The third kappa shape index (κ3) is 2.32. The van der Waals surface area contributed by atoms with E-state index in [1.54, 1.807) is 0 Å². The first-order valence-corrected chi connectivity index (χ1v) is 7.80. The van der Waals surface area contributed by atoms with Gasteiger partial charge < -0.3 is 11.1 Å². The van der Waals surface area contributed by atoms with E-state index in [9.17, 15) is 4.79 Å². The van der Waals surface area contributed by atoms with Gasteiger partial charge in [0.1, 0.15) is 5.41 Å². The van der Waals surface area contributed by atoms with E-state index in [1.807, 2.05) is 60.7 Å². The number of benzene rings is 2. The minimum Gasteiger partial charge on any atom is -0.369 e. The van der Waals surface area contributed by atoms with E-state index in [1.165, 1.54) is 0 Å². The zero-order chi connectivity index (χ0) is 15.6. The van der Waals surface area contributed by atoms with Crippen LogP contribution in [0.2, 0.25) is 0 Å². The molecule has 2 aromatic rings. The monoisotopic (exact) mass is 294 g/mol. The summed E-state index contributed by atoms with van der Waals surface area (Å²) in [5, 5.41) is 3.46. The summed E-state index contributed by atoms with van der Waals surface area (Å²) in [6.07, 6.45) is 0.937. The molecular weight excluding hydrogens is 272 g/mol. The van der Waals surface area contributed by atoms with Crippen molar-refractivity contribution >= 4 is 5.91 Å². The lowest BCUT2D eigenvalue weighted by Crippen LogP contribution is -2.49. The number of carbonyl (C=O) groups is 1. The predicted molar refractivity (Wildman–Crippen MR) is 88.4 cm³/mol. The Morgan fingerprint density at radius 3 is 1.91 bits per heavy atom. The van der Waals surface area contributed by atoms with E-state index < -0.39 is 5.41 Å². The highest BCUT2D eigenvalue weighted by Gasteiger charge is 2.49. The topological polar surface area (TPSA) is 55.1 Å². The fourth-order valence-electron chi connectivity index (χ4n) is 3.79. The minimum atomic E-state index is -0.777. The molecule has 0 aromatic heterocycles. The van der Waals surface area contributed by atoms with Gasteiger partial charge in [0.15, 0.2) is 0 Å². The van der Waals surface area contributed by atoms with E-state index in [0.29, 0.717) is 6.04 Å². The van der Waals surface area contributed by atoms with Gasteiger partial charge in [0.05, 0.1) is 0 Å². The Balaban J connectivity index is 2.22. The largest absolute Gasteiger partial charge is 0.369 e. The van der Waals surface area contributed by atoms with Crippen LogP contribution in [0.5, 0.6) is 0 Å². The smallest absolute Gasteiger partial charge is 0.232 e. The maximum atomic E-state index is 12.7. The lowest BCUT2D eigenvalue weighted by atomic mass is 9.64. The van der Waals surface area contributed by atoms with Crippen molar-refractivity contribution in [1.82, 2.24) is 5.32 Å². The Kier molecular flexibility index (Phi) is 3.99. The summed E-state index contributed by atoms with van der Waals surface area (Å²) in [6, 6.07) is 20.3. The first-order valence-electron chi connectivity index (χ1n) is 7.80. The number of hydrogen-bond acceptors (Lipinski definition) is 2. The van der Waals surface area contributed by atoms with Crippen molar-refractivity contribution in [1.29, 1.82) is 0 Å². The van der Waals surface area contributed by atoms with Crippen LogP contribution in [0.25, 0.3) is 0 Å². The number of hydrogen-bond donors (Lipinski definition) is 2. The molecule has 2 aromatic carbocycles. The van der Waals surface area contributed by atoms with Crippen LogP contribution in [-0.4, -0.2) is 18.5 Å². The number of carbonyl (C=O) groups excluding carboxylic acids is 1. The molecule has 3 N–H and O–H groups in total. The molecule has 0 aliphatic carbocycles. The van der Waals surface area contributed by atoms with Crippen molar-refractivity contribution in [2.45, 2.75) is 24.8 Å². The molecule has 114 valence electrons. The van der Waals surface area contributed by atoms with Gasteiger partial charge in [-0.1, -0.05) is 60.7 Å². The van der Waals surface area contributed by atoms with E-state index >= 15 is 0 Å². The fraction of sp³-hybridized carbons (Fsp3) is 0.316. The van der Waals surface area contributed by atoms with Crippen LogP contribution in [0.15, 0.2) is 60.7 Å². The molecule has 1 heterocycles. The van der Waals surface area contributed by atoms with Gasteiger partial charge in [-0.05, 0) is 36.9 Å². The van der Waals surface area contributed by atoms with Crippen LogP contribution in [-0.2, 0) is 10.2 Å². The molecule has 1 aliphatic rings. The average Bonchev–Trinajstić information content (AvgIpc) is 2.97. The molecular formula is C19H22N2O. The molecule has 1 fully saturated rings. The molecule has 2 atom stereocenters. The molecule has 0 bridgehead atoms.